The molecule has 1 fully saturated rings. The number of β-amino-alcohol motifs (C(OH)–C–C–N with tert-alkyl or cyclic N) is 1. The number of halogens is 1. The van der Waals surface area contributed by atoms with Gasteiger partial charge in [-0.15, -0.1) is 0 Å². The lowest BCUT2D eigenvalue weighted by atomic mass is 10.1. The molecule has 0 aliphatic carbocycles. The number of nitrogens with one attached hydrogen (secondary N) is 1. The van der Waals surface area contributed by atoms with Crippen molar-refractivity contribution in [3.63, 3.8) is 0 Å². The van der Waals surface area contributed by atoms with Crippen LogP contribution >= 0.6 is 0 Å². The summed E-state index contributed by atoms with van der Waals surface area (Å²) in [5, 5.41) is 12.2. The fourth-order valence-corrected chi connectivity index (χ4v) is 2.27. The fraction of sp³-hybridized carbons (Fsp3) is 0.500. The van der Waals surface area contributed by atoms with Gasteiger partial charge in [0.05, 0.1) is 12.6 Å². The number of aliphatic hydroxyl groups is 1. The zero-order valence-corrected chi connectivity index (χ0v) is 10.8. The van der Waals surface area contributed by atoms with Crippen LogP contribution in [0.2, 0.25) is 0 Å². The number of hydrogen-bond acceptors (Lipinski definition) is 3. The number of nitrogens with zero attached hydrogens (tertiary/aromatic N) is 1. The molecule has 0 bridgehead atoms. The fourth-order valence-electron chi connectivity index (χ4n) is 2.27. The predicted octanol–water partition coefficient (Wildman–Crippen LogP) is 0.899. The Balaban J connectivity index is 1.77. The van der Waals surface area contributed by atoms with Crippen molar-refractivity contribution >= 4 is 5.91 Å². The van der Waals surface area contributed by atoms with Crippen LogP contribution in [-0.2, 0) is 11.3 Å². The summed E-state index contributed by atoms with van der Waals surface area (Å²) in [6.45, 7) is 1.81. The number of carbonyl (C=O) groups excluding carboxylic acids is 1. The van der Waals surface area contributed by atoms with Gasteiger partial charge >= 0.3 is 0 Å². The van der Waals surface area contributed by atoms with E-state index in [1.54, 1.807) is 18.2 Å². The molecule has 19 heavy (non-hydrogen) atoms. The highest BCUT2D eigenvalue weighted by Crippen LogP contribution is 2.09. The Labute approximate surface area is 112 Å². The zero-order valence-electron chi connectivity index (χ0n) is 10.8. The Morgan fingerprint density at radius 3 is 3.00 bits per heavy atom. The predicted molar refractivity (Wildman–Crippen MR) is 69.9 cm³/mol. The SMILES string of the molecule is O=C(CN1CCC[C@@H](O)C1)NCc1ccccc1F. The van der Waals surface area contributed by atoms with Gasteiger partial charge in [0, 0.05) is 18.7 Å². The molecule has 0 radical (unpaired) electrons. The van der Waals surface area contributed by atoms with Crippen LogP contribution in [0.4, 0.5) is 4.39 Å². The van der Waals surface area contributed by atoms with Gasteiger partial charge in [0.15, 0.2) is 0 Å². The molecule has 5 heteroatoms. The van der Waals surface area contributed by atoms with Crippen molar-refractivity contribution in [3.8, 4) is 0 Å². The molecule has 0 unspecified atom stereocenters. The molecular formula is C14H19FN2O2. The Bertz CT molecular complexity index is 439. The summed E-state index contributed by atoms with van der Waals surface area (Å²) in [5.41, 5.74) is 0.481. The minimum atomic E-state index is -0.340. The second-order valence-electron chi connectivity index (χ2n) is 4.90. The lowest BCUT2D eigenvalue weighted by Crippen LogP contribution is -2.44. The van der Waals surface area contributed by atoms with Crippen LogP contribution in [0, 0.1) is 5.82 Å². The van der Waals surface area contributed by atoms with E-state index in [0.29, 0.717) is 12.1 Å². The highest BCUT2D eigenvalue weighted by Gasteiger charge is 2.19. The van der Waals surface area contributed by atoms with Gasteiger partial charge in [-0.05, 0) is 25.5 Å². The summed E-state index contributed by atoms with van der Waals surface area (Å²) < 4.78 is 13.4. The Morgan fingerprint density at radius 1 is 1.47 bits per heavy atom. The van der Waals surface area contributed by atoms with Gasteiger partial charge in [-0.3, -0.25) is 9.69 Å². The third-order valence-electron chi connectivity index (χ3n) is 3.28. The molecule has 1 aliphatic rings. The Morgan fingerprint density at radius 2 is 2.26 bits per heavy atom. The monoisotopic (exact) mass is 266 g/mol. The molecular weight excluding hydrogens is 247 g/mol. The number of benzene rings is 1. The van der Waals surface area contributed by atoms with Gasteiger partial charge in [0.1, 0.15) is 5.82 Å². The molecule has 0 saturated carbocycles. The van der Waals surface area contributed by atoms with Gasteiger partial charge in [-0.25, -0.2) is 4.39 Å². The third kappa shape index (κ3) is 4.29. The molecule has 4 nitrogen and oxygen atoms in total. The number of piperidine rings is 1. The Kier molecular flexibility index (Phi) is 4.87. The van der Waals surface area contributed by atoms with Crippen LogP contribution in [-0.4, -0.2) is 41.7 Å². The maximum absolute atomic E-state index is 13.4. The molecule has 2 N–H and O–H groups in total. The first kappa shape index (κ1) is 14.0. The molecule has 1 saturated heterocycles. The Hall–Kier alpha value is -1.46. The average Bonchev–Trinajstić information content (AvgIpc) is 2.38. The zero-order chi connectivity index (χ0) is 13.7. The summed E-state index contributed by atoms with van der Waals surface area (Å²) in [6, 6.07) is 6.39. The lowest BCUT2D eigenvalue weighted by molar-refractivity contribution is -0.123. The molecule has 0 spiro atoms. The van der Waals surface area contributed by atoms with E-state index in [1.807, 2.05) is 4.90 Å². The minimum Gasteiger partial charge on any atom is -0.392 e. The molecule has 1 heterocycles. The van der Waals surface area contributed by atoms with E-state index in [1.165, 1.54) is 6.07 Å². The minimum absolute atomic E-state index is 0.141. The van der Waals surface area contributed by atoms with Crippen molar-refractivity contribution < 1.29 is 14.3 Å². The van der Waals surface area contributed by atoms with Crippen molar-refractivity contribution in [2.75, 3.05) is 19.6 Å². The van der Waals surface area contributed by atoms with Crippen molar-refractivity contribution in [3.05, 3.63) is 35.6 Å². The van der Waals surface area contributed by atoms with Gasteiger partial charge in [0.25, 0.3) is 0 Å². The van der Waals surface area contributed by atoms with Crippen LogP contribution in [0.3, 0.4) is 0 Å². The first-order valence-electron chi connectivity index (χ1n) is 6.55. The topological polar surface area (TPSA) is 52.6 Å². The van der Waals surface area contributed by atoms with Crippen molar-refractivity contribution in [2.24, 2.45) is 0 Å². The molecule has 0 aromatic heterocycles. The molecule has 1 atom stereocenters. The van der Waals surface area contributed by atoms with Crippen molar-refractivity contribution in [1.29, 1.82) is 0 Å². The van der Waals surface area contributed by atoms with Gasteiger partial charge in [-0.1, -0.05) is 18.2 Å². The van der Waals surface area contributed by atoms with Crippen LogP contribution in [0.1, 0.15) is 18.4 Å². The summed E-state index contributed by atoms with van der Waals surface area (Å²) in [6.07, 6.45) is 1.36. The van der Waals surface area contributed by atoms with Gasteiger partial charge in [-0.2, -0.15) is 0 Å². The maximum atomic E-state index is 13.4. The van der Waals surface area contributed by atoms with E-state index in [9.17, 15) is 14.3 Å². The van der Waals surface area contributed by atoms with E-state index < -0.39 is 0 Å². The molecule has 2 rings (SSSR count). The number of likely N-dealkylation sites (tertiary alicyclic amines) is 1. The van der Waals surface area contributed by atoms with Gasteiger partial charge < -0.3 is 10.4 Å². The molecule has 1 amide bonds. The third-order valence-corrected chi connectivity index (χ3v) is 3.28. The summed E-state index contributed by atoms with van der Waals surface area (Å²) in [7, 11) is 0. The summed E-state index contributed by atoms with van der Waals surface area (Å²) in [4.78, 5) is 13.7. The second kappa shape index (κ2) is 6.63. The first-order chi connectivity index (χ1) is 9.15. The van der Waals surface area contributed by atoms with E-state index in [4.69, 9.17) is 0 Å². The van der Waals surface area contributed by atoms with Crippen LogP contribution < -0.4 is 5.32 Å². The smallest absolute Gasteiger partial charge is 0.234 e. The normalized spacial score (nSPS) is 20.2. The number of hydrogen-bond donors (Lipinski definition) is 2. The number of rotatable bonds is 4. The summed E-state index contributed by atoms with van der Waals surface area (Å²) in [5.74, 6) is -0.450. The van der Waals surface area contributed by atoms with E-state index in [2.05, 4.69) is 5.32 Å². The maximum Gasteiger partial charge on any atom is 0.234 e. The molecule has 104 valence electrons. The highest BCUT2D eigenvalue weighted by atomic mass is 19.1. The van der Waals surface area contributed by atoms with E-state index >= 15 is 0 Å². The lowest BCUT2D eigenvalue weighted by Gasteiger charge is -2.29. The quantitative estimate of drug-likeness (QED) is 0.851. The first-order valence-corrected chi connectivity index (χ1v) is 6.55. The number of carbonyl (C=O) groups is 1. The number of aliphatic hydroxyl groups excluding tert-OH is 1. The van der Waals surface area contributed by atoms with Gasteiger partial charge in [0.2, 0.25) is 5.91 Å². The van der Waals surface area contributed by atoms with Crippen molar-refractivity contribution in [2.45, 2.75) is 25.5 Å². The average molecular weight is 266 g/mol. The van der Waals surface area contributed by atoms with E-state index in [0.717, 1.165) is 19.4 Å². The van der Waals surface area contributed by atoms with Crippen LogP contribution in [0.25, 0.3) is 0 Å². The molecule has 1 aromatic carbocycles. The summed E-state index contributed by atoms with van der Waals surface area (Å²) >= 11 is 0. The molecule has 1 aliphatic heterocycles. The van der Waals surface area contributed by atoms with E-state index in [-0.39, 0.29) is 30.9 Å². The second-order valence-corrected chi connectivity index (χ2v) is 4.90. The van der Waals surface area contributed by atoms with Crippen LogP contribution in [0.5, 0.6) is 0 Å². The van der Waals surface area contributed by atoms with Crippen molar-refractivity contribution in [1.82, 2.24) is 10.2 Å². The largest absolute Gasteiger partial charge is 0.392 e. The standard InChI is InChI=1S/C14H19FN2O2/c15-13-6-2-1-4-11(13)8-16-14(19)10-17-7-3-5-12(18)9-17/h1-2,4,6,12,18H,3,5,7-10H2,(H,16,19)/t12-/m1/s1. The molecule has 1 aromatic rings. The number of amides is 1. The highest BCUT2D eigenvalue weighted by molar-refractivity contribution is 5.78. The van der Waals surface area contributed by atoms with Crippen LogP contribution in [0.15, 0.2) is 24.3 Å².